The molecule has 186 valence electrons. The minimum Gasteiger partial charge on any atom is -0.373 e. The molecule has 0 unspecified atom stereocenters. The van der Waals surface area contributed by atoms with Gasteiger partial charge in [-0.1, -0.05) is 11.6 Å². The molecule has 1 aromatic carbocycles. The molecule has 0 spiro atoms. The molecular formula is C25H22ClF3N6O. The zero-order valence-electron chi connectivity index (χ0n) is 19.3. The van der Waals surface area contributed by atoms with Crippen molar-refractivity contribution in [2.75, 3.05) is 6.61 Å². The third-order valence-electron chi connectivity index (χ3n) is 6.72. The monoisotopic (exact) mass is 514 g/mol. The van der Waals surface area contributed by atoms with Crippen LogP contribution in [0, 0.1) is 12.7 Å². The quantitative estimate of drug-likeness (QED) is 0.311. The van der Waals surface area contributed by atoms with Crippen molar-refractivity contribution in [2.45, 2.75) is 57.1 Å². The number of hydrogen-bond acceptors (Lipinski definition) is 6. The molecule has 2 aliphatic rings. The largest absolute Gasteiger partial charge is 0.373 e. The second-order valence-corrected chi connectivity index (χ2v) is 9.72. The number of nitrogens with zero attached hydrogens (tertiary/aromatic N) is 6. The van der Waals surface area contributed by atoms with E-state index >= 15 is 0 Å². The molecule has 11 heteroatoms. The van der Waals surface area contributed by atoms with Crippen LogP contribution in [0.2, 0.25) is 5.02 Å². The summed E-state index contributed by atoms with van der Waals surface area (Å²) in [5, 5.41) is 4.68. The van der Waals surface area contributed by atoms with E-state index in [0.29, 0.717) is 31.3 Å². The van der Waals surface area contributed by atoms with E-state index in [4.69, 9.17) is 16.3 Å². The number of halogens is 4. The molecule has 1 saturated carbocycles. The van der Waals surface area contributed by atoms with Crippen molar-refractivity contribution < 1.29 is 17.9 Å². The molecular weight excluding hydrogens is 493 g/mol. The molecule has 1 aliphatic heterocycles. The predicted molar refractivity (Wildman–Crippen MR) is 126 cm³/mol. The summed E-state index contributed by atoms with van der Waals surface area (Å²) >= 11 is 5.94. The van der Waals surface area contributed by atoms with Crippen LogP contribution in [0.3, 0.4) is 0 Å². The summed E-state index contributed by atoms with van der Waals surface area (Å²) in [6, 6.07) is 4.61. The van der Waals surface area contributed by atoms with Crippen LogP contribution >= 0.6 is 11.6 Å². The van der Waals surface area contributed by atoms with Gasteiger partial charge in [0.2, 0.25) is 0 Å². The summed E-state index contributed by atoms with van der Waals surface area (Å²) in [5.74, 6) is -0.289. The lowest BCUT2D eigenvalue weighted by Crippen LogP contribution is -2.20. The summed E-state index contributed by atoms with van der Waals surface area (Å²) in [4.78, 5) is 17.7. The molecule has 1 saturated heterocycles. The van der Waals surface area contributed by atoms with Crippen LogP contribution in [0.4, 0.5) is 13.2 Å². The molecule has 4 aromatic rings. The van der Waals surface area contributed by atoms with Gasteiger partial charge in [0.15, 0.2) is 5.65 Å². The van der Waals surface area contributed by atoms with Gasteiger partial charge in [0, 0.05) is 34.9 Å². The van der Waals surface area contributed by atoms with Gasteiger partial charge in [-0.25, -0.2) is 33.1 Å². The average molecular weight is 515 g/mol. The maximum absolute atomic E-state index is 15.0. The van der Waals surface area contributed by atoms with Crippen molar-refractivity contribution in [1.82, 2.24) is 29.7 Å². The summed E-state index contributed by atoms with van der Waals surface area (Å²) in [5.41, 5.74) is 0.971. The first-order chi connectivity index (χ1) is 17.4. The number of ether oxygens (including phenoxy) is 1. The van der Waals surface area contributed by atoms with Crippen LogP contribution in [0.5, 0.6) is 0 Å². The molecule has 1 aliphatic carbocycles. The SMILES string of the molecule is Cc1nc2nc([C@@H]3CCO[C@@H](c4cnn(C5CC5)c4)C3)nc(-c3ccc(Cl)cc3F)c2nc1C(F)F. The Labute approximate surface area is 209 Å². The first kappa shape index (κ1) is 23.3. The Hall–Kier alpha value is -3.11. The molecule has 36 heavy (non-hydrogen) atoms. The van der Waals surface area contributed by atoms with E-state index in [1.807, 2.05) is 17.1 Å². The van der Waals surface area contributed by atoms with Crippen molar-refractivity contribution >= 4 is 22.8 Å². The highest BCUT2D eigenvalue weighted by Gasteiger charge is 2.31. The van der Waals surface area contributed by atoms with Crippen LogP contribution in [-0.2, 0) is 4.74 Å². The van der Waals surface area contributed by atoms with E-state index in [9.17, 15) is 13.2 Å². The molecule has 2 atom stereocenters. The van der Waals surface area contributed by atoms with Gasteiger partial charge in [-0.05, 0) is 50.8 Å². The number of aromatic nitrogens is 6. The van der Waals surface area contributed by atoms with Gasteiger partial charge in [0.05, 0.1) is 24.0 Å². The topological polar surface area (TPSA) is 78.6 Å². The fourth-order valence-electron chi connectivity index (χ4n) is 4.64. The van der Waals surface area contributed by atoms with Gasteiger partial charge in [0.1, 0.15) is 28.5 Å². The number of alkyl halides is 2. The Morgan fingerprint density at radius 3 is 2.69 bits per heavy atom. The van der Waals surface area contributed by atoms with E-state index < -0.39 is 17.9 Å². The van der Waals surface area contributed by atoms with Gasteiger partial charge >= 0.3 is 0 Å². The lowest BCUT2D eigenvalue weighted by atomic mass is 9.92. The molecule has 4 heterocycles. The first-order valence-electron chi connectivity index (χ1n) is 11.8. The third-order valence-corrected chi connectivity index (χ3v) is 6.95. The Balaban J connectivity index is 1.43. The first-order valence-corrected chi connectivity index (χ1v) is 12.2. The fourth-order valence-corrected chi connectivity index (χ4v) is 4.80. The summed E-state index contributed by atoms with van der Waals surface area (Å²) in [6.07, 6.45) is 4.38. The van der Waals surface area contributed by atoms with Crippen molar-refractivity contribution in [3.63, 3.8) is 0 Å². The predicted octanol–water partition coefficient (Wildman–Crippen LogP) is 6.29. The highest BCUT2D eigenvalue weighted by molar-refractivity contribution is 6.30. The van der Waals surface area contributed by atoms with Gasteiger partial charge in [-0.15, -0.1) is 0 Å². The molecule has 3 aromatic heterocycles. The molecule has 0 amide bonds. The van der Waals surface area contributed by atoms with Crippen molar-refractivity contribution in [1.29, 1.82) is 0 Å². The van der Waals surface area contributed by atoms with Gasteiger partial charge in [0.25, 0.3) is 6.43 Å². The van der Waals surface area contributed by atoms with Crippen molar-refractivity contribution in [2.24, 2.45) is 0 Å². The third kappa shape index (κ3) is 4.32. The zero-order valence-corrected chi connectivity index (χ0v) is 20.1. The molecule has 0 radical (unpaired) electrons. The normalized spacial score (nSPS) is 20.4. The lowest BCUT2D eigenvalue weighted by molar-refractivity contribution is 0.00396. The average Bonchev–Trinajstić information content (AvgIpc) is 3.59. The Morgan fingerprint density at radius 1 is 1.11 bits per heavy atom. The second kappa shape index (κ2) is 9.08. The smallest absolute Gasteiger partial charge is 0.282 e. The van der Waals surface area contributed by atoms with Crippen LogP contribution in [0.25, 0.3) is 22.4 Å². The Bertz CT molecular complexity index is 1460. The maximum atomic E-state index is 15.0. The molecule has 0 bridgehead atoms. The van der Waals surface area contributed by atoms with E-state index in [1.165, 1.54) is 19.1 Å². The Morgan fingerprint density at radius 2 is 1.94 bits per heavy atom. The number of aryl methyl sites for hydroxylation is 1. The molecule has 6 rings (SSSR count). The minimum absolute atomic E-state index is 0.0233. The van der Waals surface area contributed by atoms with Crippen LogP contribution in [0.1, 0.15) is 72.9 Å². The fraction of sp³-hybridized carbons (Fsp3) is 0.400. The number of hydrogen-bond donors (Lipinski definition) is 0. The highest BCUT2D eigenvalue weighted by atomic mass is 35.5. The van der Waals surface area contributed by atoms with E-state index in [-0.39, 0.29) is 45.2 Å². The molecule has 2 fully saturated rings. The van der Waals surface area contributed by atoms with E-state index in [1.54, 1.807) is 0 Å². The lowest BCUT2D eigenvalue weighted by Gasteiger charge is -2.28. The Kier molecular flexibility index (Phi) is 5.88. The maximum Gasteiger partial charge on any atom is 0.282 e. The second-order valence-electron chi connectivity index (χ2n) is 9.29. The number of fused-ring (bicyclic) bond motifs is 1. The van der Waals surface area contributed by atoms with Crippen molar-refractivity contribution in [3.05, 3.63) is 64.2 Å². The molecule has 0 N–H and O–H groups in total. The summed E-state index contributed by atoms with van der Waals surface area (Å²) < 4.78 is 50.2. The van der Waals surface area contributed by atoms with E-state index in [0.717, 1.165) is 24.5 Å². The zero-order chi connectivity index (χ0) is 25.0. The number of benzene rings is 1. The van der Waals surface area contributed by atoms with Gasteiger partial charge < -0.3 is 4.74 Å². The van der Waals surface area contributed by atoms with Crippen LogP contribution < -0.4 is 0 Å². The summed E-state index contributed by atoms with van der Waals surface area (Å²) in [6.45, 7) is 1.95. The van der Waals surface area contributed by atoms with Crippen molar-refractivity contribution in [3.8, 4) is 11.3 Å². The minimum atomic E-state index is -2.84. The standard InChI is InChI=1S/C25H22ClF3N6O/c1-12-20(23(28)29)32-22-21(17-5-2-15(26)9-18(17)27)33-24(34-25(22)31-12)13-6-7-36-19(8-13)14-10-30-35(11-14)16-3-4-16/h2,5,9-11,13,16,19,23H,3-4,6-8H2,1H3/t13-,19-/m1/s1. The number of rotatable bonds is 5. The highest BCUT2D eigenvalue weighted by Crippen LogP contribution is 2.40. The van der Waals surface area contributed by atoms with E-state index in [2.05, 4.69) is 25.0 Å². The molecule has 7 nitrogen and oxygen atoms in total. The summed E-state index contributed by atoms with van der Waals surface area (Å²) in [7, 11) is 0. The van der Waals surface area contributed by atoms with Gasteiger partial charge in [-0.2, -0.15) is 5.10 Å². The van der Waals surface area contributed by atoms with Gasteiger partial charge in [-0.3, -0.25) is 4.68 Å². The van der Waals surface area contributed by atoms with Crippen LogP contribution in [0.15, 0.2) is 30.6 Å². The van der Waals surface area contributed by atoms with Crippen LogP contribution in [-0.4, -0.2) is 36.3 Å².